The molecule has 0 aliphatic heterocycles. The molecule has 0 aromatic carbocycles. The van der Waals surface area contributed by atoms with Gasteiger partial charge < -0.3 is 9.88 Å². The summed E-state index contributed by atoms with van der Waals surface area (Å²) >= 11 is 0. The molecule has 2 aliphatic carbocycles. The quantitative estimate of drug-likeness (QED) is 0.867. The van der Waals surface area contributed by atoms with E-state index >= 15 is 0 Å². The number of hydrogen-bond donors (Lipinski definition) is 1. The normalized spacial score (nSPS) is 30.3. The van der Waals surface area contributed by atoms with Crippen LogP contribution in [0.5, 0.6) is 0 Å². The molecular formula is C15H25N3. The zero-order valence-electron chi connectivity index (χ0n) is 11.4. The maximum atomic E-state index is 4.10. The van der Waals surface area contributed by atoms with Gasteiger partial charge in [0.2, 0.25) is 0 Å². The Morgan fingerprint density at radius 2 is 2.17 bits per heavy atom. The van der Waals surface area contributed by atoms with Gasteiger partial charge in [-0.05, 0) is 44.4 Å². The van der Waals surface area contributed by atoms with Gasteiger partial charge in [0, 0.05) is 31.0 Å². The molecule has 3 heteroatoms. The Balaban J connectivity index is 1.46. The number of imidazole rings is 1. The first kappa shape index (κ1) is 12.2. The molecule has 0 spiro atoms. The fourth-order valence-electron chi connectivity index (χ4n) is 3.54. The lowest BCUT2D eigenvalue weighted by Crippen LogP contribution is -2.41. The number of rotatable bonds is 5. The maximum absolute atomic E-state index is 4.10. The highest BCUT2D eigenvalue weighted by Crippen LogP contribution is 2.43. The Bertz CT molecular complexity index is 356. The summed E-state index contributed by atoms with van der Waals surface area (Å²) < 4.78 is 2.17. The van der Waals surface area contributed by atoms with E-state index in [2.05, 4.69) is 21.8 Å². The van der Waals surface area contributed by atoms with E-state index < -0.39 is 0 Å². The molecule has 3 rings (SSSR count). The molecule has 2 aliphatic rings. The van der Waals surface area contributed by atoms with Crippen LogP contribution >= 0.6 is 0 Å². The lowest BCUT2D eigenvalue weighted by atomic mass is 9.82. The van der Waals surface area contributed by atoms with Crippen LogP contribution in [0.1, 0.15) is 45.4 Å². The van der Waals surface area contributed by atoms with E-state index in [1.807, 2.05) is 18.7 Å². The van der Waals surface area contributed by atoms with E-state index in [0.717, 1.165) is 24.4 Å². The summed E-state index contributed by atoms with van der Waals surface area (Å²) in [7, 11) is 0. The van der Waals surface area contributed by atoms with Crippen LogP contribution in [-0.2, 0) is 6.54 Å². The fourth-order valence-corrected chi connectivity index (χ4v) is 3.54. The standard InChI is InChI=1S/C15H25N3/c1-12(10-18-8-7-16-11-18)17-15-4-2-3-14(9-15)13-5-6-13/h7-8,11-15,17H,2-6,9-10H2,1H3. The van der Waals surface area contributed by atoms with Gasteiger partial charge in [-0.15, -0.1) is 0 Å². The molecule has 1 aromatic heterocycles. The Hall–Kier alpha value is -0.830. The molecule has 0 radical (unpaired) electrons. The summed E-state index contributed by atoms with van der Waals surface area (Å²) in [5, 5.41) is 3.82. The molecule has 1 heterocycles. The van der Waals surface area contributed by atoms with Crippen molar-refractivity contribution in [1.82, 2.24) is 14.9 Å². The topological polar surface area (TPSA) is 29.9 Å². The van der Waals surface area contributed by atoms with Crippen LogP contribution < -0.4 is 5.32 Å². The van der Waals surface area contributed by atoms with E-state index in [4.69, 9.17) is 0 Å². The largest absolute Gasteiger partial charge is 0.336 e. The van der Waals surface area contributed by atoms with Gasteiger partial charge in [0.15, 0.2) is 0 Å². The number of hydrogen-bond acceptors (Lipinski definition) is 2. The van der Waals surface area contributed by atoms with E-state index in [0.29, 0.717) is 6.04 Å². The van der Waals surface area contributed by atoms with Crippen LogP contribution in [0, 0.1) is 11.8 Å². The lowest BCUT2D eigenvalue weighted by Gasteiger charge is -2.32. The molecule has 0 bridgehead atoms. The van der Waals surface area contributed by atoms with Crippen LogP contribution in [0.4, 0.5) is 0 Å². The van der Waals surface area contributed by atoms with E-state index in [9.17, 15) is 0 Å². The molecule has 3 unspecified atom stereocenters. The van der Waals surface area contributed by atoms with Gasteiger partial charge in [-0.3, -0.25) is 0 Å². The summed E-state index contributed by atoms with van der Waals surface area (Å²) in [4.78, 5) is 4.10. The second-order valence-corrected chi connectivity index (χ2v) is 6.29. The average Bonchev–Trinajstić information content (AvgIpc) is 3.09. The van der Waals surface area contributed by atoms with Crippen LogP contribution in [0.15, 0.2) is 18.7 Å². The van der Waals surface area contributed by atoms with Crippen LogP contribution in [0.25, 0.3) is 0 Å². The van der Waals surface area contributed by atoms with Gasteiger partial charge in [0.1, 0.15) is 0 Å². The summed E-state index contributed by atoms with van der Waals surface area (Å²) in [6.45, 7) is 3.32. The highest BCUT2D eigenvalue weighted by Gasteiger charge is 2.34. The molecule has 100 valence electrons. The third kappa shape index (κ3) is 3.14. The maximum Gasteiger partial charge on any atom is 0.0946 e. The zero-order valence-corrected chi connectivity index (χ0v) is 11.4. The molecule has 1 N–H and O–H groups in total. The van der Waals surface area contributed by atoms with Gasteiger partial charge in [-0.25, -0.2) is 4.98 Å². The number of aromatic nitrogens is 2. The lowest BCUT2D eigenvalue weighted by molar-refractivity contribution is 0.244. The average molecular weight is 247 g/mol. The van der Waals surface area contributed by atoms with Crippen LogP contribution in [-0.4, -0.2) is 21.6 Å². The second kappa shape index (κ2) is 5.43. The SMILES string of the molecule is CC(Cn1ccnc1)NC1CCCC(C2CC2)C1. The van der Waals surface area contributed by atoms with Crippen molar-refractivity contribution in [2.75, 3.05) is 0 Å². The van der Waals surface area contributed by atoms with Gasteiger partial charge in [-0.1, -0.05) is 12.8 Å². The first-order chi connectivity index (χ1) is 8.81. The summed E-state index contributed by atoms with van der Waals surface area (Å²) in [6, 6.07) is 1.30. The Morgan fingerprint density at radius 1 is 1.28 bits per heavy atom. The van der Waals surface area contributed by atoms with Crippen LogP contribution in [0.2, 0.25) is 0 Å². The first-order valence-corrected chi connectivity index (χ1v) is 7.53. The van der Waals surface area contributed by atoms with Crippen molar-refractivity contribution in [3.05, 3.63) is 18.7 Å². The number of nitrogens with zero attached hydrogens (tertiary/aromatic N) is 2. The minimum absolute atomic E-state index is 0.544. The van der Waals surface area contributed by atoms with Gasteiger partial charge in [0.05, 0.1) is 6.33 Å². The molecule has 0 amide bonds. The molecule has 1 aromatic rings. The molecule has 3 atom stereocenters. The Kier molecular flexibility index (Phi) is 3.69. The molecule has 0 saturated heterocycles. The summed E-state index contributed by atoms with van der Waals surface area (Å²) in [6.07, 6.45) is 14.5. The van der Waals surface area contributed by atoms with Crippen molar-refractivity contribution in [2.45, 2.75) is 64.1 Å². The third-order valence-corrected chi connectivity index (χ3v) is 4.57. The molecule has 2 saturated carbocycles. The Labute approximate surface area is 110 Å². The van der Waals surface area contributed by atoms with E-state index in [1.54, 1.807) is 0 Å². The smallest absolute Gasteiger partial charge is 0.0946 e. The molecule has 18 heavy (non-hydrogen) atoms. The van der Waals surface area contributed by atoms with E-state index in [-0.39, 0.29) is 0 Å². The fraction of sp³-hybridized carbons (Fsp3) is 0.800. The molecular weight excluding hydrogens is 222 g/mol. The monoisotopic (exact) mass is 247 g/mol. The van der Waals surface area contributed by atoms with Crippen molar-refractivity contribution < 1.29 is 0 Å². The molecule has 3 nitrogen and oxygen atoms in total. The predicted molar refractivity (Wildman–Crippen MR) is 73.3 cm³/mol. The van der Waals surface area contributed by atoms with Crippen molar-refractivity contribution in [1.29, 1.82) is 0 Å². The third-order valence-electron chi connectivity index (χ3n) is 4.57. The van der Waals surface area contributed by atoms with Gasteiger partial charge >= 0.3 is 0 Å². The highest BCUT2D eigenvalue weighted by atomic mass is 15.1. The van der Waals surface area contributed by atoms with Crippen molar-refractivity contribution in [3.8, 4) is 0 Å². The van der Waals surface area contributed by atoms with Crippen molar-refractivity contribution in [3.63, 3.8) is 0 Å². The summed E-state index contributed by atoms with van der Waals surface area (Å²) in [5.41, 5.74) is 0. The first-order valence-electron chi connectivity index (χ1n) is 7.53. The summed E-state index contributed by atoms with van der Waals surface area (Å²) in [5.74, 6) is 2.11. The predicted octanol–water partition coefficient (Wildman–Crippen LogP) is 2.83. The van der Waals surface area contributed by atoms with Crippen molar-refractivity contribution in [2.24, 2.45) is 11.8 Å². The molecule has 2 fully saturated rings. The zero-order chi connectivity index (χ0) is 12.4. The van der Waals surface area contributed by atoms with Crippen molar-refractivity contribution >= 4 is 0 Å². The van der Waals surface area contributed by atoms with Crippen LogP contribution in [0.3, 0.4) is 0 Å². The van der Waals surface area contributed by atoms with E-state index in [1.165, 1.54) is 38.5 Å². The minimum atomic E-state index is 0.544. The van der Waals surface area contributed by atoms with Gasteiger partial charge in [0.25, 0.3) is 0 Å². The highest BCUT2D eigenvalue weighted by molar-refractivity contribution is 4.88. The second-order valence-electron chi connectivity index (χ2n) is 6.29. The Morgan fingerprint density at radius 3 is 2.89 bits per heavy atom. The van der Waals surface area contributed by atoms with Gasteiger partial charge in [-0.2, -0.15) is 0 Å². The number of nitrogens with one attached hydrogen (secondary N) is 1. The minimum Gasteiger partial charge on any atom is -0.336 e.